The highest BCUT2D eigenvalue weighted by molar-refractivity contribution is 5.68. The molecule has 0 radical (unpaired) electrons. The molecule has 0 aromatic heterocycles. The predicted octanol–water partition coefficient (Wildman–Crippen LogP) is -0.694. The van der Waals surface area contributed by atoms with Crippen LogP contribution in [-0.4, -0.2) is 19.6 Å². The standard InChI is InChI=1S/C13H27NO2.ClH/c1-16-13(15)11-9-7-5-3-2-4-6-8-10-12-14;/h2-12,14H2,1H3;1H. The van der Waals surface area contributed by atoms with Crippen LogP contribution in [0.4, 0.5) is 0 Å². The van der Waals surface area contributed by atoms with Gasteiger partial charge in [0.05, 0.1) is 13.7 Å². The first-order valence-electron chi connectivity index (χ1n) is 6.67. The van der Waals surface area contributed by atoms with E-state index in [2.05, 4.69) is 10.5 Å². The maximum absolute atomic E-state index is 10.8. The Morgan fingerprint density at radius 1 is 0.882 bits per heavy atom. The Labute approximate surface area is 112 Å². The first-order chi connectivity index (χ1) is 7.81. The van der Waals surface area contributed by atoms with Crippen molar-refractivity contribution in [2.45, 2.75) is 64.2 Å². The van der Waals surface area contributed by atoms with Crippen LogP contribution in [0.1, 0.15) is 64.2 Å². The molecule has 0 atom stereocenters. The van der Waals surface area contributed by atoms with Crippen molar-refractivity contribution >= 4 is 5.97 Å². The van der Waals surface area contributed by atoms with Gasteiger partial charge in [0.2, 0.25) is 0 Å². The van der Waals surface area contributed by atoms with Crippen LogP contribution in [0.15, 0.2) is 0 Å². The van der Waals surface area contributed by atoms with Gasteiger partial charge in [-0.25, -0.2) is 0 Å². The molecule has 17 heavy (non-hydrogen) atoms. The van der Waals surface area contributed by atoms with Crippen molar-refractivity contribution in [3.8, 4) is 0 Å². The molecule has 0 spiro atoms. The van der Waals surface area contributed by atoms with Gasteiger partial charge in [0.25, 0.3) is 0 Å². The van der Waals surface area contributed by atoms with E-state index in [1.807, 2.05) is 0 Å². The number of carbonyl (C=O) groups excluding carboxylic acids is 1. The molecule has 0 saturated heterocycles. The summed E-state index contributed by atoms with van der Waals surface area (Å²) < 4.78 is 4.59. The minimum Gasteiger partial charge on any atom is -1.00 e. The highest BCUT2D eigenvalue weighted by Crippen LogP contribution is 2.10. The third kappa shape index (κ3) is 15.7. The minimum absolute atomic E-state index is 0. The first-order valence-corrected chi connectivity index (χ1v) is 6.67. The van der Waals surface area contributed by atoms with Crippen LogP contribution in [0.3, 0.4) is 0 Å². The summed E-state index contributed by atoms with van der Waals surface area (Å²) in [5.74, 6) is -0.0758. The van der Waals surface area contributed by atoms with Crippen LogP contribution >= 0.6 is 0 Å². The third-order valence-corrected chi connectivity index (χ3v) is 2.86. The highest BCUT2D eigenvalue weighted by Gasteiger charge is 1.98. The van der Waals surface area contributed by atoms with E-state index in [0.717, 1.165) is 19.4 Å². The lowest BCUT2D eigenvalue weighted by atomic mass is 10.1. The molecule has 0 unspecified atom stereocenters. The van der Waals surface area contributed by atoms with Crippen molar-refractivity contribution in [3.05, 3.63) is 0 Å². The van der Waals surface area contributed by atoms with Crippen LogP contribution in [0.25, 0.3) is 0 Å². The maximum Gasteiger partial charge on any atom is 0.305 e. The average molecular weight is 266 g/mol. The number of carbonyl (C=O) groups is 1. The van der Waals surface area contributed by atoms with E-state index in [-0.39, 0.29) is 18.4 Å². The Balaban J connectivity index is 0. The molecule has 104 valence electrons. The monoisotopic (exact) mass is 265 g/mol. The van der Waals surface area contributed by atoms with Crippen molar-refractivity contribution < 1.29 is 27.7 Å². The number of rotatable bonds is 11. The van der Waals surface area contributed by atoms with E-state index in [0.29, 0.717) is 6.42 Å². The topological polar surface area (TPSA) is 53.9 Å². The molecular formula is C13H28ClNO2. The molecule has 0 amide bonds. The number of esters is 1. The van der Waals surface area contributed by atoms with Crippen LogP contribution in [-0.2, 0) is 9.53 Å². The zero-order valence-corrected chi connectivity index (χ0v) is 11.9. The quantitative estimate of drug-likeness (QED) is 0.397. The number of hydrogen-bond donors (Lipinski definition) is 1. The van der Waals surface area contributed by atoms with Gasteiger partial charge in [-0.15, -0.1) is 0 Å². The van der Waals surface area contributed by atoms with E-state index in [1.165, 1.54) is 52.1 Å². The summed E-state index contributed by atoms with van der Waals surface area (Å²) in [6.07, 6.45) is 12.0. The lowest BCUT2D eigenvalue weighted by Gasteiger charge is -2.01. The molecule has 3 N–H and O–H groups in total. The molecule has 0 bridgehead atoms. The van der Waals surface area contributed by atoms with Crippen LogP contribution in [0.5, 0.6) is 0 Å². The maximum atomic E-state index is 10.8. The predicted molar refractivity (Wildman–Crippen MR) is 65.9 cm³/mol. The van der Waals surface area contributed by atoms with E-state index in [9.17, 15) is 4.79 Å². The molecule has 0 rings (SSSR count). The summed E-state index contributed by atoms with van der Waals surface area (Å²) in [7, 11) is 1.45. The van der Waals surface area contributed by atoms with Crippen molar-refractivity contribution in [1.82, 2.24) is 0 Å². The van der Waals surface area contributed by atoms with Gasteiger partial charge in [0.15, 0.2) is 0 Å². The molecule has 0 fully saturated rings. The van der Waals surface area contributed by atoms with Crippen LogP contribution in [0, 0.1) is 0 Å². The van der Waals surface area contributed by atoms with E-state index in [1.54, 1.807) is 0 Å². The van der Waals surface area contributed by atoms with Crippen molar-refractivity contribution in [3.63, 3.8) is 0 Å². The number of halogens is 1. The number of unbranched alkanes of at least 4 members (excludes halogenated alkanes) is 8. The molecule has 0 saturated carbocycles. The molecule has 0 aliphatic carbocycles. The lowest BCUT2D eigenvalue weighted by molar-refractivity contribution is -0.368. The molecular weight excluding hydrogens is 238 g/mol. The van der Waals surface area contributed by atoms with Gasteiger partial charge in [0, 0.05) is 6.42 Å². The molecule has 4 heteroatoms. The van der Waals surface area contributed by atoms with E-state index in [4.69, 9.17) is 0 Å². The Morgan fingerprint density at radius 2 is 1.29 bits per heavy atom. The molecule has 0 aliphatic rings. The van der Waals surface area contributed by atoms with Crippen molar-refractivity contribution in [2.75, 3.05) is 13.7 Å². The molecule has 3 nitrogen and oxygen atoms in total. The average Bonchev–Trinajstić information content (AvgIpc) is 2.31. The second-order valence-electron chi connectivity index (χ2n) is 4.36. The van der Waals surface area contributed by atoms with Crippen molar-refractivity contribution in [1.29, 1.82) is 0 Å². The SMILES string of the molecule is COC(=O)CCCCCCCCCCC[NH3+].[Cl-]. The summed E-state index contributed by atoms with van der Waals surface area (Å²) in [6, 6.07) is 0. The number of quaternary nitrogens is 1. The normalized spacial score (nSPS) is 9.76. The van der Waals surface area contributed by atoms with Crippen LogP contribution < -0.4 is 18.1 Å². The zero-order valence-electron chi connectivity index (χ0n) is 11.2. The first kappa shape index (κ1) is 19.1. The Bertz CT molecular complexity index is 165. The molecule has 0 aromatic rings. The molecule has 0 aromatic carbocycles. The minimum atomic E-state index is -0.0758. The largest absolute Gasteiger partial charge is 1.00 e. The van der Waals surface area contributed by atoms with Crippen molar-refractivity contribution in [2.24, 2.45) is 0 Å². The van der Waals surface area contributed by atoms with E-state index >= 15 is 0 Å². The Hall–Kier alpha value is -0.280. The van der Waals surface area contributed by atoms with Gasteiger partial charge in [-0.05, 0) is 19.3 Å². The fourth-order valence-corrected chi connectivity index (χ4v) is 1.79. The highest BCUT2D eigenvalue weighted by atomic mass is 35.5. The lowest BCUT2D eigenvalue weighted by Crippen LogP contribution is -3.00. The fourth-order valence-electron chi connectivity index (χ4n) is 1.79. The summed E-state index contributed by atoms with van der Waals surface area (Å²) in [4.78, 5) is 10.8. The van der Waals surface area contributed by atoms with Gasteiger partial charge >= 0.3 is 5.97 Å². The second-order valence-corrected chi connectivity index (χ2v) is 4.36. The summed E-state index contributed by atoms with van der Waals surface area (Å²) in [6.45, 7) is 1.08. The van der Waals surface area contributed by atoms with Gasteiger partial charge < -0.3 is 22.9 Å². The Morgan fingerprint density at radius 3 is 1.71 bits per heavy atom. The number of hydrogen-bond acceptors (Lipinski definition) is 2. The molecule has 0 aliphatic heterocycles. The number of ether oxygens (including phenoxy) is 1. The fraction of sp³-hybridized carbons (Fsp3) is 0.923. The molecule has 0 heterocycles. The van der Waals surface area contributed by atoms with Gasteiger partial charge in [-0.1, -0.05) is 38.5 Å². The van der Waals surface area contributed by atoms with Gasteiger partial charge in [-0.2, -0.15) is 0 Å². The van der Waals surface area contributed by atoms with Gasteiger partial charge in [0.1, 0.15) is 0 Å². The summed E-state index contributed by atoms with van der Waals surface area (Å²) in [5.41, 5.74) is 3.84. The third-order valence-electron chi connectivity index (χ3n) is 2.86. The Kier molecular flexibility index (Phi) is 17.6. The van der Waals surface area contributed by atoms with Gasteiger partial charge in [-0.3, -0.25) is 4.79 Å². The second kappa shape index (κ2) is 15.7. The van der Waals surface area contributed by atoms with E-state index < -0.39 is 0 Å². The smallest absolute Gasteiger partial charge is 0.305 e. The summed E-state index contributed by atoms with van der Waals surface area (Å²) >= 11 is 0. The number of methoxy groups -OCH3 is 1. The summed E-state index contributed by atoms with van der Waals surface area (Å²) in [5, 5.41) is 0. The van der Waals surface area contributed by atoms with Crippen LogP contribution in [0.2, 0.25) is 0 Å². The zero-order chi connectivity index (χ0) is 12.1.